The first-order valence-corrected chi connectivity index (χ1v) is 15.7. The van der Waals surface area contributed by atoms with Crippen molar-refractivity contribution in [1.82, 2.24) is 10.6 Å². The molecule has 1 saturated heterocycles. The fourth-order valence-electron chi connectivity index (χ4n) is 4.97. The maximum Gasteiger partial charge on any atom is 0.246 e. The molecule has 1 aromatic carbocycles. The smallest absolute Gasteiger partial charge is 0.246 e. The number of unbranched alkanes of at least 4 members (excludes halogenated alkanes) is 4. The quantitative estimate of drug-likeness (QED) is 0.104. The fourth-order valence-corrected chi connectivity index (χ4v) is 6.63. The third-order valence-electron chi connectivity index (χ3n) is 7.22. The largest absolute Gasteiger partial charge is 0.847 e. The second-order valence-corrected chi connectivity index (χ2v) is 12.2. The van der Waals surface area contributed by atoms with Gasteiger partial charge >= 0.3 is 0 Å². The SMILES string of the molecule is C/C(=C\C1=C(Cl)C(O)c2ccccc2C1=O)C(=O)NCCCCCCNC(=O)CCCC[C@H]1CC(N=C(N)[O-])CS1. The van der Waals surface area contributed by atoms with E-state index in [1.165, 1.54) is 6.08 Å². The average Bonchev–Trinajstić information content (AvgIpc) is 3.39. The molecule has 0 radical (unpaired) electrons. The molecule has 3 rings (SSSR count). The zero-order valence-electron chi connectivity index (χ0n) is 23.5. The molecule has 1 aromatic rings. The predicted octanol–water partition coefficient (Wildman–Crippen LogP) is 3.26. The Kier molecular flexibility index (Phi) is 13.2. The summed E-state index contributed by atoms with van der Waals surface area (Å²) in [6, 6.07) is 6.20. The van der Waals surface area contributed by atoms with Crippen molar-refractivity contribution < 1.29 is 24.6 Å². The van der Waals surface area contributed by atoms with Crippen molar-refractivity contribution in [2.24, 2.45) is 10.7 Å². The Bertz CT molecular complexity index is 1180. The third-order valence-corrected chi connectivity index (χ3v) is 9.11. The van der Waals surface area contributed by atoms with Crippen molar-refractivity contribution in [3.8, 4) is 0 Å². The monoisotopic (exact) mass is 603 g/mol. The van der Waals surface area contributed by atoms with Crippen LogP contribution in [-0.4, -0.2) is 58.9 Å². The maximum atomic E-state index is 12.8. The van der Waals surface area contributed by atoms with Gasteiger partial charge in [-0.05, 0) is 50.7 Å². The molecule has 5 N–H and O–H groups in total. The first-order chi connectivity index (χ1) is 19.7. The van der Waals surface area contributed by atoms with Gasteiger partial charge in [0.05, 0.1) is 11.1 Å². The Morgan fingerprint density at radius 1 is 1.15 bits per heavy atom. The molecule has 41 heavy (non-hydrogen) atoms. The van der Waals surface area contributed by atoms with Gasteiger partial charge in [0.1, 0.15) is 6.10 Å². The number of nitrogens with zero attached hydrogens (tertiary/aromatic N) is 1. The first kappa shape index (κ1) is 32.7. The van der Waals surface area contributed by atoms with Gasteiger partial charge in [0.25, 0.3) is 0 Å². The number of halogens is 1. The van der Waals surface area contributed by atoms with Gasteiger partial charge in [-0.15, -0.1) is 0 Å². The number of benzene rings is 1. The van der Waals surface area contributed by atoms with Crippen LogP contribution in [0.15, 0.2) is 51.5 Å². The van der Waals surface area contributed by atoms with Crippen molar-refractivity contribution in [3.05, 3.63) is 57.6 Å². The lowest BCUT2D eigenvalue weighted by atomic mass is 9.87. The van der Waals surface area contributed by atoms with Gasteiger partial charge in [0, 0.05) is 53.2 Å². The molecule has 0 saturated carbocycles. The summed E-state index contributed by atoms with van der Waals surface area (Å²) >= 11 is 8.10. The summed E-state index contributed by atoms with van der Waals surface area (Å²) in [7, 11) is 0. The maximum absolute atomic E-state index is 12.8. The Labute approximate surface area is 251 Å². The molecule has 1 aliphatic carbocycles. The van der Waals surface area contributed by atoms with E-state index in [2.05, 4.69) is 15.6 Å². The van der Waals surface area contributed by atoms with E-state index in [1.54, 1.807) is 31.2 Å². The van der Waals surface area contributed by atoms with Crippen LogP contribution in [0.5, 0.6) is 0 Å². The van der Waals surface area contributed by atoms with E-state index < -0.39 is 12.1 Å². The van der Waals surface area contributed by atoms with Gasteiger partial charge in [-0.25, -0.2) is 0 Å². The van der Waals surface area contributed by atoms with Gasteiger partial charge in [-0.1, -0.05) is 55.1 Å². The number of fused-ring (bicyclic) bond motifs is 1. The number of aliphatic imine (C=N–C) groups is 1. The van der Waals surface area contributed by atoms with Crippen LogP contribution >= 0.6 is 23.4 Å². The Morgan fingerprint density at radius 2 is 1.85 bits per heavy atom. The van der Waals surface area contributed by atoms with Crippen LogP contribution < -0.4 is 21.5 Å². The lowest BCUT2D eigenvalue weighted by molar-refractivity contribution is -0.217. The zero-order valence-corrected chi connectivity index (χ0v) is 25.1. The highest BCUT2D eigenvalue weighted by Gasteiger charge is 2.30. The van der Waals surface area contributed by atoms with E-state index in [4.69, 9.17) is 17.3 Å². The lowest BCUT2D eigenvalue weighted by Gasteiger charge is -2.22. The van der Waals surface area contributed by atoms with Gasteiger partial charge < -0.3 is 26.6 Å². The van der Waals surface area contributed by atoms with Crippen molar-refractivity contribution in [2.75, 3.05) is 18.8 Å². The molecule has 1 aliphatic heterocycles. The molecule has 1 heterocycles. The highest BCUT2D eigenvalue weighted by molar-refractivity contribution is 8.00. The van der Waals surface area contributed by atoms with Gasteiger partial charge in [-0.2, -0.15) is 11.8 Å². The summed E-state index contributed by atoms with van der Waals surface area (Å²) in [6.45, 7) is 2.75. The van der Waals surface area contributed by atoms with Crippen LogP contribution in [0.25, 0.3) is 0 Å². The minimum Gasteiger partial charge on any atom is -0.847 e. The number of Topliss-reactive ketones (excluding diaryl/α,β-unsaturated/α-hetero) is 1. The fraction of sp³-hybridized carbons (Fsp3) is 0.533. The summed E-state index contributed by atoms with van der Waals surface area (Å²) in [4.78, 5) is 41.3. The standard InChI is InChI=1S/C30H41ClN4O5S/c1-19(16-24-26(31)28(38)23-12-6-5-11-22(23)27(24)37)29(39)34-15-9-3-2-8-14-33-25(36)13-7-4-10-21-17-20(18-41-21)35-30(32)40/h5-6,11-12,16,20-21,28,38H,2-4,7-10,13-15,17-18H2,1H3,(H,33,36)(H,34,39)(H3,32,35,40)/p-1/b19-16+/t20?,21-,28?/m0/s1. The highest BCUT2D eigenvalue weighted by Crippen LogP contribution is 2.37. The predicted molar refractivity (Wildman–Crippen MR) is 162 cm³/mol. The summed E-state index contributed by atoms with van der Waals surface area (Å²) in [5, 5.41) is 27.7. The number of nitrogens with one attached hydrogen (secondary N) is 2. The number of allylic oxidation sites excluding steroid dienone is 2. The Hall–Kier alpha value is -2.82. The number of thioether (sulfide) groups is 1. The Balaban J connectivity index is 1.23. The highest BCUT2D eigenvalue weighted by atomic mass is 35.5. The van der Waals surface area contributed by atoms with Crippen LogP contribution in [0.3, 0.4) is 0 Å². The van der Waals surface area contributed by atoms with Crippen LogP contribution in [0.1, 0.15) is 86.7 Å². The summed E-state index contributed by atoms with van der Waals surface area (Å²) < 4.78 is 0. The van der Waals surface area contributed by atoms with Crippen LogP contribution in [0.4, 0.5) is 0 Å². The number of amidine groups is 1. The normalized spacial score (nSPS) is 21.1. The topological polar surface area (TPSA) is 157 Å². The minimum absolute atomic E-state index is 0.0178. The molecule has 2 amide bonds. The van der Waals surface area contributed by atoms with Gasteiger partial charge in [0.2, 0.25) is 11.8 Å². The van der Waals surface area contributed by atoms with Crippen molar-refractivity contribution in [2.45, 2.75) is 82.1 Å². The first-order valence-electron chi connectivity index (χ1n) is 14.2. The molecule has 11 heteroatoms. The van der Waals surface area contributed by atoms with E-state index in [-0.39, 0.29) is 34.2 Å². The number of hydrogen-bond donors (Lipinski definition) is 4. The van der Waals surface area contributed by atoms with Gasteiger partial charge in [0.15, 0.2) is 5.78 Å². The number of ketones is 1. The van der Waals surface area contributed by atoms with Crippen LogP contribution in [0, 0.1) is 0 Å². The molecule has 0 bridgehead atoms. The molecule has 0 aromatic heterocycles. The number of rotatable bonds is 15. The number of carbonyl (C=O) groups is 3. The number of aliphatic hydroxyl groups excluding tert-OH is 1. The average molecular weight is 604 g/mol. The Morgan fingerprint density at radius 3 is 2.59 bits per heavy atom. The molecule has 1 fully saturated rings. The van der Waals surface area contributed by atoms with E-state index in [0.29, 0.717) is 41.5 Å². The number of nitrogens with two attached hydrogens (primary N) is 1. The molecule has 0 spiro atoms. The van der Waals surface area contributed by atoms with Crippen LogP contribution in [0.2, 0.25) is 0 Å². The number of hydrogen-bond acceptors (Lipinski definition) is 7. The number of aliphatic hydroxyl groups is 1. The van der Waals surface area contributed by atoms with Crippen molar-refractivity contribution in [3.63, 3.8) is 0 Å². The van der Waals surface area contributed by atoms with E-state index in [1.807, 2.05) is 11.8 Å². The molecule has 224 valence electrons. The molecule has 2 unspecified atom stereocenters. The molecule has 3 atom stereocenters. The summed E-state index contributed by atoms with van der Waals surface area (Å²) in [6.07, 6.45) is 8.12. The summed E-state index contributed by atoms with van der Waals surface area (Å²) in [5.41, 5.74) is 6.44. The lowest BCUT2D eigenvalue weighted by Crippen LogP contribution is -2.29. The minimum atomic E-state index is -1.10. The van der Waals surface area contributed by atoms with Crippen molar-refractivity contribution >= 4 is 47.0 Å². The number of carbonyl (C=O) groups excluding carboxylic acids is 3. The van der Waals surface area contributed by atoms with E-state index in [9.17, 15) is 24.6 Å². The zero-order chi connectivity index (χ0) is 29.8. The van der Waals surface area contributed by atoms with E-state index in [0.717, 1.165) is 57.1 Å². The molecular weight excluding hydrogens is 564 g/mol. The number of amides is 2. The van der Waals surface area contributed by atoms with Gasteiger partial charge in [-0.3, -0.25) is 19.4 Å². The van der Waals surface area contributed by atoms with E-state index >= 15 is 0 Å². The second-order valence-electron chi connectivity index (χ2n) is 10.5. The molecule has 2 aliphatic rings. The molecular formula is C30H40ClN4O5S-. The summed E-state index contributed by atoms with van der Waals surface area (Å²) in [5.74, 6) is 0.311. The molecule has 9 nitrogen and oxygen atoms in total. The third kappa shape index (κ3) is 10.2. The van der Waals surface area contributed by atoms with Crippen LogP contribution in [-0.2, 0) is 9.59 Å². The van der Waals surface area contributed by atoms with Crippen molar-refractivity contribution in [1.29, 1.82) is 0 Å². The second kappa shape index (κ2) is 16.6.